The zero-order valence-electron chi connectivity index (χ0n) is 8.72. The number of nitrogens with one attached hydrogen (secondary N) is 1. The molecule has 2 unspecified atom stereocenters. The van der Waals surface area contributed by atoms with Gasteiger partial charge in [0.1, 0.15) is 6.10 Å². The Morgan fingerprint density at radius 1 is 1.47 bits per heavy atom. The fourth-order valence-electron chi connectivity index (χ4n) is 1.22. The van der Waals surface area contributed by atoms with Crippen LogP contribution in [0, 0.1) is 0 Å². The first-order chi connectivity index (χ1) is 7.24. The molecule has 0 spiro atoms. The van der Waals surface area contributed by atoms with Crippen molar-refractivity contribution in [2.45, 2.75) is 12.2 Å². The molecule has 15 heavy (non-hydrogen) atoms. The lowest BCUT2D eigenvalue weighted by Crippen LogP contribution is -2.32. The molecule has 0 saturated carbocycles. The van der Waals surface area contributed by atoms with Gasteiger partial charge in [0, 0.05) is 25.1 Å². The van der Waals surface area contributed by atoms with E-state index in [-0.39, 0.29) is 0 Å². The van der Waals surface area contributed by atoms with Crippen LogP contribution in [0.1, 0.15) is 11.0 Å². The molecule has 0 radical (unpaired) electrons. The molecule has 1 aromatic heterocycles. The van der Waals surface area contributed by atoms with E-state index in [0.717, 1.165) is 4.88 Å². The van der Waals surface area contributed by atoms with Crippen molar-refractivity contribution in [3.8, 4) is 0 Å². The molecule has 1 aromatic rings. The van der Waals surface area contributed by atoms with Crippen molar-refractivity contribution >= 4 is 11.3 Å². The summed E-state index contributed by atoms with van der Waals surface area (Å²) in [6, 6.07) is 3.80. The molecular formula is C10H17NO3S. The summed E-state index contributed by atoms with van der Waals surface area (Å²) in [5.41, 5.74) is 0. The number of methoxy groups -OCH3 is 1. The van der Waals surface area contributed by atoms with Crippen molar-refractivity contribution in [1.82, 2.24) is 5.32 Å². The molecule has 0 saturated heterocycles. The Kier molecular flexibility index (Phi) is 5.82. The highest BCUT2D eigenvalue weighted by atomic mass is 32.1. The van der Waals surface area contributed by atoms with Gasteiger partial charge < -0.3 is 20.3 Å². The molecule has 0 bridgehead atoms. The van der Waals surface area contributed by atoms with Crippen molar-refractivity contribution in [2.24, 2.45) is 0 Å². The van der Waals surface area contributed by atoms with Gasteiger partial charge in [-0.2, -0.15) is 0 Å². The molecule has 0 amide bonds. The molecular weight excluding hydrogens is 214 g/mol. The second kappa shape index (κ2) is 6.92. The Morgan fingerprint density at radius 3 is 2.87 bits per heavy atom. The smallest absolute Gasteiger partial charge is 0.101 e. The van der Waals surface area contributed by atoms with Crippen LogP contribution < -0.4 is 5.32 Å². The fraction of sp³-hybridized carbons (Fsp3) is 0.600. The van der Waals surface area contributed by atoms with Crippen LogP contribution in [-0.2, 0) is 4.74 Å². The van der Waals surface area contributed by atoms with E-state index >= 15 is 0 Å². The average molecular weight is 231 g/mol. The number of hydrogen-bond acceptors (Lipinski definition) is 5. The summed E-state index contributed by atoms with van der Waals surface area (Å²) in [6.07, 6.45) is -1.02. The van der Waals surface area contributed by atoms with E-state index in [2.05, 4.69) is 5.32 Å². The van der Waals surface area contributed by atoms with Crippen LogP contribution in [0.2, 0.25) is 0 Å². The summed E-state index contributed by atoms with van der Waals surface area (Å²) >= 11 is 1.52. The summed E-state index contributed by atoms with van der Waals surface area (Å²) in [5.74, 6) is 0. The van der Waals surface area contributed by atoms with Crippen LogP contribution in [0.25, 0.3) is 0 Å². The average Bonchev–Trinajstić information content (AvgIpc) is 2.70. The van der Waals surface area contributed by atoms with Gasteiger partial charge in [0.05, 0.1) is 12.7 Å². The lowest BCUT2D eigenvalue weighted by atomic mass is 10.3. The number of thiophene rings is 1. The standard InChI is InChI=1S/C10H17NO3S/c1-14-7-8(12)5-11-6-9(13)10-3-2-4-15-10/h2-4,8-9,11-13H,5-7H2,1H3. The summed E-state index contributed by atoms with van der Waals surface area (Å²) < 4.78 is 4.78. The van der Waals surface area contributed by atoms with Gasteiger partial charge in [-0.15, -0.1) is 11.3 Å². The predicted molar refractivity (Wildman–Crippen MR) is 60.0 cm³/mol. The van der Waals surface area contributed by atoms with E-state index in [1.807, 2.05) is 17.5 Å². The van der Waals surface area contributed by atoms with Gasteiger partial charge in [-0.1, -0.05) is 6.07 Å². The fourth-order valence-corrected chi connectivity index (χ4v) is 1.93. The van der Waals surface area contributed by atoms with E-state index in [1.54, 1.807) is 7.11 Å². The zero-order valence-corrected chi connectivity index (χ0v) is 9.54. The van der Waals surface area contributed by atoms with Crippen LogP contribution in [-0.4, -0.2) is 43.1 Å². The first-order valence-electron chi connectivity index (χ1n) is 4.83. The molecule has 4 nitrogen and oxygen atoms in total. The van der Waals surface area contributed by atoms with Gasteiger partial charge >= 0.3 is 0 Å². The largest absolute Gasteiger partial charge is 0.389 e. The number of hydrogen-bond donors (Lipinski definition) is 3. The van der Waals surface area contributed by atoms with Crippen molar-refractivity contribution in [2.75, 3.05) is 26.8 Å². The summed E-state index contributed by atoms with van der Waals surface area (Å²) in [7, 11) is 1.55. The van der Waals surface area contributed by atoms with Gasteiger partial charge in [0.25, 0.3) is 0 Å². The lowest BCUT2D eigenvalue weighted by Gasteiger charge is -2.13. The molecule has 0 fully saturated rings. The van der Waals surface area contributed by atoms with Crippen LogP contribution in [0.15, 0.2) is 17.5 Å². The molecule has 1 rings (SSSR count). The first-order valence-corrected chi connectivity index (χ1v) is 5.71. The molecule has 5 heteroatoms. The minimum atomic E-state index is -0.523. The Hall–Kier alpha value is -0.460. The third-order valence-corrected chi connectivity index (χ3v) is 2.92. The second-order valence-corrected chi connectivity index (χ2v) is 4.28. The quantitative estimate of drug-likeness (QED) is 0.635. The Morgan fingerprint density at radius 2 is 2.27 bits per heavy atom. The van der Waals surface area contributed by atoms with Crippen LogP contribution >= 0.6 is 11.3 Å². The van der Waals surface area contributed by atoms with E-state index in [4.69, 9.17) is 4.74 Å². The van der Waals surface area contributed by atoms with Crippen molar-refractivity contribution in [1.29, 1.82) is 0 Å². The maximum Gasteiger partial charge on any atom is 0.101 e. The van der Waals surface area contributed by atoms with Crippen molar-refractivity contribution < 1.29 is 14.9 Å². The summed E-state index contributed by atoms with van der Waals surface area (Å²) in [5, 5.41) is 23.9. The minimum absolute atomic E-state index is 0.308. The first kappa shape index (κ1) is 12.6. The highest BCUT2D eigenvalue weighted by molar-refractivity contribution is 7.10. The highest BCUT2D eigenvalue weighted by Crippen LogP contribution is 2.17. The molecule has 2 atom stereocenters. The van der Waals surface area contributed by atoms with Crippen LogP contribution in [0.4, 0.5) is 0 Å². The molecule has 1 heterocycles. The highest BCUT2D eigenvalue weighted by Gasteiger charge is 2.09. The third-order valence-electron chi connectivity index (χ3n) is 1.95. The Bertz CT molecular complexity index is 253. The van der Waals surface area contributed by atoms with Gasteiger partial charge in [-0.3, -0.25) is 0 Å². The number of aliphatic hydroxyl groups is 2. The van der Waals surface area contributed by atoms with Crippen LogP contribution in [0.3, 0.4) is 0 Å². The number of aliphatic hydroxyl groups excluding tert-OH is 2. The predicted octanol–water partition coefficient (Wildman–Crippen LogP) is 0.378. The van der Waals surface area contributed by atoms with Gasteiger partial charge in [-0.25, -0.2) is 0 Å². The normalized spacial score (nSPS) is 15.1. The van der Waals surface area contributed by atoms with E-state index in [1.165, 1.54) is 11.3 Å². The molecule has 0 aromatic carbocycles. The Balaban J connectivity index is 2.15. The zero-order chi connectivity index (χ0) is 11.1. The maximum absolute atomic E-state index is 9.69. The number of rotatable bonds is 7. The third kappa shape index (κ3) is 4.72. The molecule has 0 aliphatic rings. The van der Waals surface area contributed by atoms with E-state index in [9.17, 15) is 10.2 Å². The molecule has 3 N–H and O–H groups in total. The van der Waals surface area contributed by atoms with Gasteiger partial charge in [0.2, 0.25) is 0 Å². The molecule has 0 aliphatic carbocycles. The maximum atomic E-state index is 9.69. The second-order valence-electron chi connectivity index (χ2n) is 3.30. The summed E-state index contributed by atoms with van der Waals surface area (Å²) in [6.45, 7) is 1.18. The topological polar surface area (TPSA) is 61.7 Å². The SMILES string of the molecule is COCC(O)CNCC(O)c1cccs1. The van der Waals surface area contributed by atoms with Crippen LogP contribution in [0.5, 0.6) is 0 Å². The molecule has 0 aliphatic heterocycles. The van der Waals surface area contributed by atoms with E-state index < -0.39 is 12.2 Å². The Labute approximate surface area is 93.5 Å². The molecule has 86 valence electrons. The van der Waals surface area contributed by atoms with Crippen molar-refractivity contribution in [3.05, 3.63) is 22.4 Å². The van der Waals surface area contributed by atoms with Gasteiger partial charge in [-0.05, 0) is 11.4 Å². The van der Waals surface area contributed by atoms with E-state index in [0.29, 0.717) is 19.7 Å². The summed E-state index contributed by atoms with van der Waals surface area (Å²) in [4.78, 5) is 0.934. The van der Waals surface area contributed by atoms with Crippen molar-refractivity contribution in [3.63, 3.8) is 0 Å². The number of ether oxygens (including phenoxy) is 1. The monoisotopic (exact) mass is 231 g/mol. The lowest BCUT2D eigenvalue weighted by molar-refractivity contribution is 0.0617. The van der Waals surface area contributed by atoms with Gasteiger partial charge in [0.15, 0.2) is 0 Å². The minimum Gasteiger partial charge on any atom is -0.389 e.